The third-order valence-corrected chi connectivity index (χ3v) is 5.76. The van der Waals surface area contributed by atoms with E-state index in [-0.39, 0.29) is 0 Å². The molecule has 0 spiro atoms. The lowest BCUT2D eigenvalue weighted by molar-refractivity contribution is 0.951. The Bertz CT molecular complexity index is 1180. The van der Waals surface area contributed by atoms with Crippen LogP contribution in [0.15, 0.2) is 90.1 Å². The van der Waals surface area contributed by atoms with Crippen molar-refractivity contribution in [2.45, 2.75) is 24.4 Å². The van der Waals surface area contributed by atoms with Gasteiger partial charge in [0.15, 0.2) is 5.16 Å². The molecule has 1 N–H and O–H groups in total. The Hall–Kier alpha value is -3.62. The highest BCUT2D eigenvalue weighted by atomic mass is 32.2. The Kier molecular flexibility index (Phi) is 6.61. The van der Waals surface area contributed by atoms with E-state index in [0.29, 0.717) is 28.8 Å². The summed E-state index contributed by atoms with van der Waals surface area (Å²) in [5.74, 6) is 1.32. The maximum atomic E-state index is 9.91. The lowest BCUT2D eigenvalue weighted by atomic mass is 10.1. The number of aryl methyl sites for hydroxylation is 1. The molecule has 0 saturated heterocycles. The average Bonchev–Trinajstić information content (AvgIpc) is 2.83. The Morgan fingerprint density at radius 3 is 2.19 bits per heavy atom. The van der Waals surface area contributed by atoms with Crippen LogP contribution in [0.1, 0.15) is 22.3 Å². The van der Waals surface area contributed by atoms with Crippen molar-refractivity contribution in [3.8, 4) is 17.3 Å². The van der Waals surface area contributed by atoms with Crippen LogP contribution in [0, 0.1) is 18.3 Å². The second-order valence-corrected chi connectivity index (χ2v) is 8.11. The number of thioether (sulfide) groups is 1. The minimum atomic E-state index is 0.460. The van der Waals surface area contributed by atoms with Gasteiger partial charge in [0, 0.05) is 17.9 Å². The van der Waals surface area contributed by atoms with Gasteiger partial charge in [-0.1, -0.05) is 102 Å². The van der Waals surface area contributed by atoms with Crippen LogP contribution in [-0.2, 0) is 12.3 Å². The minimum Gasteiger partial charge on any atom is -0.365 e. The van der Waals surface area contributed by atoms with Crippen molar-refractivity contribution in [2.24, 2.45) is 0 Å². The Morgan fingerprint density at radius 1 is 0.839 bits per heavy atom. The molecule has 0 atom stereocenters. The van der Waals surface area contributed by atoms with Gasteiger partial charge >= 0.3 is 0 Å². The first-order chi connectivity index (χ1) is 15.2. The summed E-state index contributed by atoms with van der Waals surface area (Å²) in [4.78, 5) is 9.45. The largest absolute Gasteiger partial charge is 0.365 e. The number of anilines is 1. The second kappa shape index (κ2) is 9.92. The molecule has 4 rings (SSSR count). The van der Waals surface area contributed by atoms with Crippen LogP contribution < -0.4 is 5.32 Å². The summed E-state index contributed by atoms with van der Waals surface area (Å²) in [5, 5.41) is 13.9. The molecular formula is C26H22N4S. The smallest absolute Gasteiger partial charge is 0.190 e. The molecule has 1 heterocycles. The molecule has 0 bridgehead atoms. The number of nitrogens with one attached hydrogen (secondary N) is 1. The topological polar surface area (TPSA) is 61.6 Å². The van der Waals surface area contributed by atoms with Crippen molar-refractivity contribution in [3.05, 3.63) is 107 Å². The molecule has 1 aromatic heterocycles. The van der Waals surface area contributed by atoms with Crippen molar-refractivity contribution in [2.75, 3.05) is 5.32 Å². The number of hydrogen-bond donors (Lipinski definition) is 1. The van der Waals surface area contributed by atoms with Gasteiger partial charge in [0.05, 0.1) is 5.69 Å². The van der Waals surface area contributed by atoms with Crippen molar-refractivity contribution in [3.63, 3.8) is 0 Å². The molecule has 4 aromatic rings. The van der Waals surface area contributed by atoms with E-state index in [9.17, 15) is 5.26 Å². The molecular weight excluding hydrogens is 400 g/mol. The van der Waals surface area contributed by atoms with E-state index in [4.69, 9.17) is 9.97 Å². The number of aromatic nitrogens is 2. The van der Waals surface area contributed by atoms with Crippen LogP contribution in [0.4, 0.5) is 5.82 Å². The molecule has 0 amide bonds. The van der Waals surface area contributed by atoms with Crippen LogP contribution in [0.2, 0.25) is 0 Å². The van der Waals surface area contributed by atoms with Crippen molar-refractivity contribution >= 4 is 17.6 Å². The first kappa shape index (κ1) is 20.6. The lowest BCUT2D eigenvalue weighted by Crippen LogP contribution is -2.07. The van der Waals surface area contributed by atoms with Gasteiger partial charge < -0.3 is 5.32 Å². The number of nitrogens with zero attached hydrogens (tertiary/aromatic N) is 3. The van der Waals surface area contributed by atoms with Crippen molar-refractivity contribution in [1.29, 1.82) is 5.26 Å². The predicted octanol–water partition coefficient (Wildman–Crippen LogP) is 6.23. The number of nitriles is 1. The van der Waals surface area contributed by atoms with Crippen LogP contribution in [0.5, 0.6) is 0 Å². The SMILES string of the molecule is Cc1ccc(CSc2nc(NCc3ccccc3)c(C#N)c(-c3ccccc3)n2)cc1. The molecule has 5 heteroatoms. The molecule has 0 aliphatic carbocycles. The zero-order valence-electron chi connectivity index (χ0n) is 17.2. The fourth-order valence-electron chi connectivity index (χ4n) is 3.16. The summed E-state index contributed by atoms with van der Waals surface area (Å²) >= 11 is 1.57. The van der Waals surface area contributed by atoms with Gasteiger partial charge in [-0.2, -0.15) is 5.26 Å². The third kappa shape index (κ3) is 5.30. The van der Waals surface area contributed by atoms with Gasteiger partial charge in [-0.25, -0.2) is 9.97 Å². The van der Waals surface area contributed by atoms with E-state index in [2.05, 4.69) is 42.6 Å². The molecule has 0 aliphatic heterocycles. The van der Waals surface area contributed by atoms with Crippen molar-refractivity contribution < 1.29 is 0 Å². The van der Waals surface area contributed by atoms with Gasteiger partial charge in [-0.15, -0.1) is 0 Å². The fraction of sp³-hybridized carbons (Fsp3) is 0.115. The molecule has 4 nitrogen and oxygen atoms in total. The van der Waals surface area contributed by atoms with Crippen LogP contribution in [-0.4, -0.2) is 9.97 Å². The zero-order chi connectivity index (χ0) is 21.5. The summed E-state index contributed by atoms with van der Waals surface area (Å²) < 4.78 is 0. The minimum absolute atomic E-state index is 0.460. The highest BCUT2D eigenvalue weighted by molar-refractivity contribution is 7.98. The summed E-state index contributed by atoms with van der Waals surface area (Å²) in [6, 6.07) is 30.7. The number of rotatable bonds is 7. The highest BCUT2D eigenvalue weighted by Crippen LogP contribution is 2.30. The van der Waals surface area contributed by atoms with Gasteiger partial charge in [0.2, 0.25) is 0 Å². The molecule has 0 saturated carbocycles. The highest BCUT2D eigenvalue weighted by Gasteiger charge is 2.16. The van der Waals surface area contributed by atoms with E-state index >= 15 is 0 Å². The van der Waals surface area contributed by atoms with Crippen molar-refractivity contribution in [1.82, 2.24) is 9.97 Å². The molecule has 0 aliphatic rings. The standard InChI is InChI=1S/C26H22N4S/c1-19-12-14-21(15-13-19)18-31-26-29-24(22-10-6-3-7-11-22)23(16-27)25(30-26)28-17-20-8-4-2-5-9-20/h2-15H,17-18H2,1H3,(H,28,29,30). The Balaban J connectivity index is 1.67. The van der Waals surface area contributed by atoms with E-state index in [0.717, 1.165) is 16.9 Å². The lowest BCUT2D eigenvalue weighted by Gasteiger charge is -2.13. The summed E-state index contributed by atoms with van der Waals surface area (Å²) in [6.45, 7) is 2.67. The number of hydrogen-bond acceptors (Lipinski definition) is 5. The van der Waals surface area contributed by atoms with E-state index in [1.165, 1.54) is 11.1 Å². The average molecular weight is 423 g/mol. The maximum Gasteiger partial charge on any atom is 0.190 e. The first-order valence-corrected chi connectivity index (χ1v) is 11.0. The Morgan fingerprint density at radius 2 is 1.52 bits per heavy atom. The van der Waals surface area contributed by atoms with E-state index < -0.39 is 0 Å². The quantitative estimate of drug-likeness (QED) is 0.283. The predicted molar refractivity (Wildman–Crippen MR) is 127 cm³/mol. The van der Waals surface area contributed by atoms with E-state index in [1.54, 1.807) is 11.8 Å². The monoisotopic (exact) mass is 422 g/mol. The zero-order valence-corrected chi connectivity index (χ0v) is 18.1. The van der Waals surface area contributed by atoms with Gasteiger partial charge in [-0.3, -0.25) is 0 Å². The van der Waals surface area contributed by atoms with Crippen LogP contribution in [0.3, 0.4) is 0 Å². The fourth-order valence-corrected chi connectivity index (χ4v) is 3.96. The molecule has 3 aromatic carbocycles. The van der Waals surface area contributed by atoms with Crippen LogP contribution in [0.25, 0.3) is 11.3 Å². The second-order valence-electron chi connectivity index (χ2n) is 7.17. The molecule has 31 heavy (non-hydrogen) atoms. The maximum absolute atomic E-state index is 9.91. The summed E-state index contributed by atoms with van der Waals surface area (Å²) in [6.07, 6.45) is 0. The normalized spacial score (nSPS) is 10.5. The Labute approximate surface area is 187 Å². The van der Waals surface area contributed by atoms with Gasteiger partial charge in [-0.05, 0) is 18.1 Å². The third-order valence-electron chi connectivity index (χ3n) is 4.84. The van der Waals surface area contributed by atoms with E-state index in [1.807, 2.05) is 60.7 Å². The summed E-state index contributed by atoms with van der Waals surface area (Å²) in [5.41, 5.74) is 5.59. The van der Waals surface area contributed by atoms with Gasteiger partial charge in [0.1, 0.15) is 17.5 Å². The molecule has 0 fully saturated rings. The number of benzene rings is 3. The van der Waals surface area contributed by atoms with Crippen LogP contribution >= 0.6 is 11.8 Å². The first-order valence-electron chi connectivity index (χ1n) is 10.1. The summed E-state index contributed by atoms with van der Waals surface area (Å²) in [7, 11) is 0. The molecule has 152 valence electrons. The van der Waals surface area contributed by atoms with Gasteiger partial charge in [0.25, 0.3) is 0 Å². The molecule has 0 radical (unpaired) electrons. The molecule has 0 unspecified atom stereocenters.